The standard InChI is InChI=1S/C19H22N2O2S/c1-3-14(2)20-19(24)17(18(23)16-9-5-4-6-10-16)21-11-7-8-15(12-21)13-22/h4-12,14,22H,3,13H2,1-2H3,(H-,20,23,24). The van der Waals surface area contributed by atoms with E-state index in [1.165, 1.54) is 0 Å². The maximum absolute atomic E-state index is 13.0. The molecule has 0 bridgehead atoms. The van der Waals surface area contributed by atoms with Crippen LogP contribution in [0.25, 0.3) is 11.5 Å². The van der Waals surface area contributed by atoms with E-state index in [0.29, 0.717) is 21.8 Å². The molecule has 1 aromatic heterocycles. The predicted octanol–water partition coefficient (Wildman–Crippen LogP) is 1.87. The molecule has 1 heterocycles. The Morgan fingerprint density at radius 1 is 1.25 bits per heavy atom. The molecule has 4 nitrogen and oxygen atoms in total. The second-order valence-electron chi connectivity index (χ2n) is 5.60. The SMILES string of the molecule is CCC(C)NC(=S)/C(=C(\[O-])c1ccccc1)[n+]1cccc(CO)c1. The van der Waals surface area contributed by atoms with E-state index in [1.807, 2.05) is 25.1 Å². The fourth-order valence-electron chi connectivity index (χ4n) is 2.21. The molecule has 5 heteroatoms. The van der Waals surface area contributed by atoms with Gasteiger partial charge in [0.2, 0.25) is 5.70 Å². The second kappa shape index (κ2) is 8.57. The Morgan fingerprint density at radius 3 is 2.58 bits per heavy atom. The van der Waals surface area contributed by atoms with E-state index in [9.17, 15) is 10.2 Å². The van der Waals surface area contributed by atoms with Crippen molar-refractivity contribution in [2.24, 2.45) is 0 Å². The first-order chi connectivity index (χ1) is 11.6. The third kappa shape index (κ3) is 4.40. The summed E-state index contributed by atoms with van der Waals surface area (Å²) >= 11 is 5.50. The van der Waals surface area contributed by atoms with Crippen molar-refractivity contribution in [2.75, 3.05) is 0 Å². The maximum Gasteiger partial charge on any atom is 0.237 e. The van der Waals surface area contributed by atoms with E-state index in [4.69, 9.17) is 12.2 Å². The molecule has 0 aliphatic rings. The molecule has 1 atom stereocenters. The number of aliphatic hydroxyl groups excluding tert-OH is 1. The highest BCUT2D eigenvalue weighted by Crippen LogP contribution is 2.14. The molecule has 0 aliphatic heterocycles. The zero-order valence-corrected chi connectivity index (χ0v) is 14.7. The van der Waals surface area contributed by atoms with Crippen LogP contribution >= 0.6 is 12.2 Å². The Morgan fingerprint density at radius 2 is 1.96 bits per heavy atom. The molecule has 1 unspecified atom stereocenters. The molecule has 0 saturated carbocycles. The van der Waals surface area contributed by atoms with Crippen molar-refractivity contribution < 1.29 is 14.8 Å². The monoisotopic (exact) mass is 342 g/mol. The lowest BCUT2D eigenvalue weighted by Gasteiger charge is -2.19. The summed E-state index contributed by atoms with van der Waals surface area (Å²) in [6.45, 7) is 3.98. The van der Waals surface area contributed by atoms with Gasteiger partial charge in [-0.3, -0.25) is 0 Å². The third-order valence-corrected chi connectivity index (χ3v) is 4.07. The minimum absolute atomic E-state index is 0.0980. The summed E-state index contributed by atoms with van der Waals surface area (Å²) in [7, 11) is 0. The highest BCUT2D eigenvalue weighted by Gasteiger charge is 2.20. The smallest absolute Gasteiger partial charge is 0.237 e. The van der Waals surface area contributed by atoms with Crippen molar-refractivity contribution in [2.45, 2.75) is 32.9 Å². The van der Waals surface area contributed by atoms with Gasteiger partial charge in [-0.2, -0.15) is 4.57 Å². The van der Waals surface area contributed by atoms with Gasteiger partial charge in [-0.05, 0) is 30.7 Å². The van der Waals surface area contributed by atoms with E-state index in [1.54, 1.807) is 41.2 Å². The predicted molar refractivity (Wildman–Crippen MR) is 97.6 cm³/mol. The van der Waals surface area contributed by atoms with Crippen molar-refractivity contribution in [3.63, 3.8) is 0 Å². The van der Waals surface area contributed by atoms with Crippen LogP contribution in [0.4, 0.5) is 0 Å². The molecule has 0 radical (unpaired) electrons. The van der Waals surface area contributed by atoms with Crippen LogP contribution in [-0.2, 0) is 6.61 Å². The lowest BCUT2D eigenvalue weighted by molar-refractivity contribution is -0.578. The summed E-state index contributed by atoms with van der Waals surface area (Å²) in [6, 6.07) is 12.8. The minimum Gasteiger partial charge on any atom is -0.867 e. The average molecular weight is 342 g/mol. The van der Waals surface area contributed by atoms with Crippen LogP contribution in [0.2, 0.25) is 0 Å². The number of hydrogen-bond acceptors (Lipinski definition) is 3. The van der Waals surface area contributed by atoms with Crippen LogP contribution in [-0.4, -0.2) is 16.1 Å². The van der Waals surface area contributed by atoms with Crippen LogP contribution < -0.4 is 15.0 Å². The number of pyridine rings is 1. The molecule has 2 aromatic rings. The molecule has 0 spiro atoms. The lowest BCUT2D eigenvalue weighted by atomic mass is 10.1. The van der Waals surface area contributed by atoms with Crippen LogP contribution in [0.15, 0.2) is 54.9 Å². The first kappa shape index (κ1) is 18.1. The van der Waals surface area contributed by atoms with Gasteiger partial charge in [-0.1, -0.05) is 49.5 Å². The van der Waals surface area contributed by atoms with Gasteiger partial charge in [0.15, 0.2) is 17.4 Å². The number of hydrogen-bond donors (Lipinski definition) is 2. The highest BCUT2D eigenvalue weighted by atomic mass is 32.1. The Balaban J connectivity index is 2.54. The summed E-state index contributed by atoms with van der Waals surface area (Å²) in [4.78, 5) is 0.401. The van der Waals surface area contributed by atoms with Crippen molar-refractivity contribution in [1.29, 1.82) is 0 Å². The minimum atomic E-state index is -0.156. The maximum atomic E-state index is 13.0. The molecule has 0 aliphatic carbocycles. The third-order valence-electron chi connectivity index (χ3n) is 3.76. The van der Waals surface area contributed by atoms with Crippen molar-refractivity contribution in [1.82, 2.24) is 5.32 Å². The normalized spacial score (nSPS) is 13.1. The molecule has 0 fully saturated rings. The van der Waals surface area contributed by atoms with Crippen LogP contribution in [0, 0.1) is 0 Å². The fraction of sp³-hybridized carbons (Fsp3) is 0.263. The first-order valence-corrected chi connectivity index (χ1v) is 8.36. The number of nitrogens with one attached hydrogen (secondary N) is 1. The van der Waals surface area contributed by atoms with Crippen LogP contribution in [0.1, 0.15) is 31.4 Å². The molecule has 24 heavy (non-hydrogen) atoms. The second-order valence-corrected chi connectivity index (χ2v) is 6.01. The quantitative estimate of drug-likeness (QED) is 0.364. The largest absolute Gasteiger partial charge is 0.867 e. The number of aliphatic hydroxyl groups is 1. The van der Waals surface area contributed by atoms with Gasteiger partial charge in [0.25, 0.3) is 0 Å². The molecule has 2 N–H and O–H groups in total. The molecule has 1 aromatic carbocycles. The van der Waals surface area contributed by atoms with Gasteiger partial charge in [0.1, 0.15) is 0 Å². The van der Waals surface area contributed by atoms with E-state index >= 15 is 0 Å². The average Bonchev–Trinajstić information content (AvgIpc) is 2.62. The van der Waals surface area contributed by atoms with Gasteiger partial charge in [-0.25, -0.2) is 0 Å². The number of rotatable bonds is 6. The lowest BCUT2D eigenvalue weighted by Crippen LogP contribution is -2.44. The topological polar surface area (TPSA) is 59.2 Å². The summed E-state index contributed by atoms with van der Waals surface area (Å²) in [5, 5.41) is 25.6. The number of thiocarbonyl (C=S) groups is 1. The Hall–Kier alpha value is -2.24. The molecule has 0 saturated heterocycles. The molecular weight excluding hydrogens is 320 g/mol. The molecule has 126 valence electrons. The zero-order chi connectivity index (χ0) is 17.5. The highest BCUT2D eigenvalue weighted by molar-refractivity contribution is 7.81. The van der Waals surface area contributed by atoms with E-state index in [2.05, 4.69) is 12.2 Å². The number of aromatic nitrogens is 1. The van der Waals surface area contributed by atoms with Crippen LogP contribution in [0.5, 0.6) is 0 Å². The Kier molecular flexibility index (Phi) is 6.46. The van der Waals surface area contributed by atoms with Gasteiger partial charge in [0.05, 0.1) is 6.61 Å². The number of benzene rings is 1. The van der Waals surface area contributed by atoms with Crippen molar-refractivity contribution >= 4 is 28.7 Å². The van der Waals surface area contributed by atoms with Gasteiger partial charge in [0, 0.05) is 17.7 Å². The summed E-state index contributed by atoms with van der Waals surface area (Å²) in [5.41, 5.74) is 1.66. The molecule has 2 rings (SSSR count). The van der Waals surface area contributed by atoms with E-state index in [0.717, 1.165) is 6.42 Å². The van der Waals surface area contributed by atoms with Gasteiger partial charge in [-0.15, -0.1) is 0 Å². The summed E-state index contributed by atoms with van der Waals surface area (Å²) in [6.07, 6.45) is 4.38. The number of nitrogens with zero attached hydrogens (tertiary/aromatic N) is 1. The van der Waals surface area contributed by atoms with E-state index in [-0.39, 0.29) is 18.4 Å². The van der Waals surface area contributed by atoms with Crippen molar-refractivity contribution in [3.05, 3.63) is 66.0 Å². The van der Waals surface area contributed by atoms with Gasteiger partial charge < -0.3 is 15.5 Å². The summed E-state index contributed by atoms with van der Waals surface area (Å²) < 4.78 is 1.68. The van der Waals surface area contributed by atoms with Crippen molar-refractivity contribution in [3.8, 4) is 0 Å². The van der Waals surface area contributed by atoms with Gasteiger partial charge >= 0.3 is 0 Å². The molecular formula is C19H22N2O2S. The Labute approximate surface area is 148 Å². The van der Waals surface area contributed by atoms with E-state index < -0.39 is 0 Å². The first-order valence-electron chi connectivity index (χ1n) is 7.95. The molecule has 0 amide bonds. The Bertz CT molecular complexity index is 729. The summed E-state index contributed by atoms with van der Waals surface area (Å²) in [5.74, 6) is -0.156. The van der Waals surface area contributed by atoms with Crippen LogP contribution in [0.3, 0.4) is 0 Å². The zero-order valence-electron chi connectivity index (χ0n) is 13.9. The fourth-order valence-corrected chi connectivity index (χ4v) is 2.61.